The van der Waals surface area contributed by atoms with E-state index in [-0.39, 0.29) is 91.8 Å². The number of amides is 4. The number of carbonyl (C=O) groups is 6. The number of halogens is 2. The molecule has 0 radical (unpaired) electrons. The Kier molecular flexibility index (Phi) is 14.0. The van der Waals surface area contributed by atoms with E-state index in [4.69, 9.17) is 24.4 Å². The Morgan fingerprint density at radius 1 is 0.595 bits per heavy atom. The van der Waals surface area contributed by atoms with Crippen LogP contribution in [0, 0.1) is 35.0 Å². The number of rotatable bonds is 12. The zero-order chi connectivity index (χ0) is 52.5. The van der Waals surface area contributed by atoms with Gasteiger partial charge >= 0.3 is 11.9 Å². The van der Waals surface area contributed by atoms with Gasteiger partial charge in [-0.2, -0.15) is 0 Å². The van der Waals surface area contributed by atoms with Crippen molar-refractivity contribution in [1.82, 2.24) is 60.4 Å². The highest BCUT2D eigenvalue weighted by Gasteiger charge is 2.29. The number of hydrogen-bond acceptors (Lipinski definition) is 12. The highest BCUT2D eigenvalue weighted by Crippen LogP contribution is 2.33. The van der Waals surface area contributed by atoms with Crippen LogP contribution in [0.5, 0.6) is 0 Å². The van der Waals surface area contributed by atoms with Gasteiger partial charge in [-0.15, -0.1) is 10.2 Å². The van der Waals surface area contributed by atoms with Crippen molar-refractivity contribution in [2.75, 3.05) is 0 Å². The lowest BCUT2D eigenvalue weighted by molar-refractivity contribution is 0.0686. The smallest absolute Gasteiger partial charge is 0.335 e. The first kappa shape index (κ1) is 50.1. The van der Waals surface area contributed by atoms with Crippen LogP contribution in [0.1, 0.15) is 132 Å². The maximum absolute atomic E-state index is 13.6. The van der Waals surface area contributed by atoms with Crippen LogP contribution in [0.3, 0.4) is 0 Å². The molecule has 4 heterocycles. The van der Waals surface area contributed by atoms with Crippen molar-refractivity contribution in [2.24, 2.45) is 0 Å². The van der Waals surface area contributed by atoms with Crippen LogP contribution in [0.25, 0.3) is 11.6 Å². The molecule has 8 aromatic rings. The molecule has 0 saturated carbocycles. The van der Waals surface area contributed by atoms with Crippen LogP contribution < -0.4 is 21.3 Å². The number of benzene rings is 4. The van der Waals surface area contributed by atoms with Gasteiger partial charge in [0.1, 0.15) is 34.4 Å². The van der Waals surface area contributed by atoms with Gasteiger partial charge in [-0.1, -0.05) is 36.4 Å². The van der Waals surface area contributed by atoms with E-state index in [1.165, 1.54) is 45.2 Å². The van der Waals surface area contributed by atoms with E-state index >= 15 is 0 Å². The summed E-state index contributed by atoms with van der Waals surface area (Å²) in [6, 6.07) is 20.7. The Morgan fingerprint density at radius 3 is 1.49 bits per heavy atom. The number of aryl methyl sites for hydroxylation is 4. The molecule has 0 bridgehead atoms. The van der Waals surface area contributed by atoms with E-state index in [2.05, 4.69) is 51.6 Å². The molecule has 2 aliphatic rings. The van der Waals surface area contributed by atoms with Crippen LogP contribution in [0.2, 0.25) is 0 Å². The number of carbonyl (C=O) groups excluding carboxylic acids is 4. The summed E-state index contributed by atoms with van der Waals surface area (Å²) in [5.74, 6) is -4.65. The van der Waals surface area contributed by atoms with Crippen molar-refractivity contribution < 1.29 is 47.8 Å². The summed E-state index contributed by atoms with van der Waals surface area (Å²) >= 11 is 10.5. The van der Waals surface area contributed by atoms with E-state index < -0.39 is 35.6 Å². The van der Waals surface area contributed by atoms with Crippen LogP contribution in [0.15, 0.2) is 84.9 Å². The second-order valence-electron chi connectivity index (χ2n) is 17.5. The molecule has 4 aromatic heterocycles. The Bertz CT molecular complexity index is 3780. The van der Waals surface area contributed by atoms with E-state index in [9.17, 15) is 47.8 Å². The number of aromatic nitrogens is 8. The summed E-state index contributed by atoms with van der Waals surface area (Å²) in [5.41, 5.74) is 6.20. The van der Waals surface area contributed by atoms with Crippen molar-refractivity contribution in [3.05, 3.63) is 185 Å². The lowest BCUT2D eigenvalue weighted by Crippen LogP contribution is -2.30. The van der Waals surface area contributed by atoms with Crippen molar-refractivity contribution in [2.45, 2.75) is 64.7 Å². The Labute approximate surface area is 427 Å². The Hall–Kier alpha value is -8.90. The number of hydrogen-bond donors (Lipinski definition) is 8. The van der Waals surface area contributed by atoms with Crippen molar-refractivity contribution in [3.8, 4) is 0 Å². The summed E-state index contributed by atoms with van der Waals surface area (Å²) in [5, 5.41) is 43.0. The number of carboxylic acids is 2. The third-order valence-corrected chi connectivity index (χ3v) is 13.2. The van der Waals surface area contributed by atoms with Crippen molar-refractivity contribution in [3.63, 3.8) is 0 Å². The van der Waals surface area contributed by atoms with Gasteiger partial charge in [-0.05, 0) is 157 Å². The van der Waals surface area contributed by atoms with Gasteiger partial charge in [0, 0.05) is 13.1 Å². The second-order valence-corrected chi connectivity index (χ2v) is 18.3. The number of carboxylic acid groups (broad SMARTS) is 2. The summed E-state index contributed by atoms with van der Waals surface area (Å²) in [6.07, 6.45) is 2.44. The number of nitrogens with one attached hydrogen (secondary N) is 6. The topological polar surface area (TPSA) is 283 Å². The molecule has 0 aliphatic heterocycles. The molecule has 8 N–H and O–H groups in total. The van der Waals surface area contributed by atoms with E-state index in [1.807, 2.05) is 0 Å². The standard InChI is InChI=1S/2C25H21FN6O4S/c1-12-8-13(2-6-17(12)26)11-27-22(34)20-10-19(29-24-30-31-25(37)32(20)24)21(33)28-18-7-4-14-9-15(23(35)36)3-5-16(14)18;1-12-8-13(2-6-17(12)26)11-27-21(33)19-10-20(32-24(29-19)30-31-25(32)37)22(34)28-18-7-4-14-9-15(23(35)36)3-5-16(14)18/h2-3,5-6,8-10,18H,4,7,11H2,1H3,(H,27,34)(H,28,33)(H,31,37)(H,35,36);2-3,5-6,8-10,18H,4,7,11H2,1H3,(H,27,33)(H,28,34)(H,31,37)(H,35,36)/t2*18-/m00/s1. The number of nitrogens with zero attached hydrogens (tertiary/aromatic N) is 6. The molecule has 2 aliphatic carbocycles. The van der Waals surface area contributed by atoms with Gasteiger partial charge in [-0.25, -0.2) is 47.3 Å². The lowest BCUT2D eigenvalue weighted by Gasteiger charge is -2.15. The average Bonchev–Trinajstić information content (AvgIpc) is 4.19. The fourth-order valence-electron chi connectivity index (χ4n) is 8.84. The summed E-state index contributed by atoms with van der Waals surface area (Å²) in [4.78, 5) is 83.5. The highest BCUT2D eigenvalue weighted by atomic mass is 32.1. The van der Waals surface area contributed by atoms with Crippen molar-refractivity contribution >= 4 is 71.6 Å². The van der Waals surface area contributed by atoms with Gasteiger partial charge in [0.2, 0.25) is 9.54 Å². The maximum Gasteiger partial charge on any atom is 0.335 e. The number of H-pyrrole nitrogens is 2. The Morgan fingerprint density at radius 2 is 1.03 bits per heavy atom. The number of aromatic amines is 2. The molecule has 2 atom stereocenters. The third kappa shape index (κ3) is 10.4. The lowest BCUT2D eigenvalue weighted by atomic mass is 10.0. The molecule has 376 valence electrons. The molecular weight excluding hydrogens is 999 g/mol. The van der Waals surface area contributed by atoms with Crippen LogP contribution >= 0.6 is 24.4 Å². The first-order chi connectivity index (χ1) is 35.4. The zero-order valence-electron chi connectivity index (χ0n) is 39.1. The first-order valence-electron chi connectivity index (χ1n) is 22.8. The summed E-state index contributed by atoms with van der Waals surface area (Å²) < 4.78 is 30.0. The second kappa shape index (κ2) is 20.7. The molecule has 74 heavy (non-hydrogen) atoms. The minimum absolute atomic E-state index is 0.0279. The number of aromatic carboxylic acids is 2. The monoisotopic (exact) mass is 1040 g/mol. The molecule has 20 nitrogen and oxygen atoms in total. The molecular formula is C50H42F2N12O8S2. The summed E-state index contributed by atoms with van der Waals surface area (Å²) in [7, 11) is 0. The van der Waals surface area contributed by atoms with Crippen LogP contribution in [-0.4, -0.2) is 84.9 Å². The predicted octanol–water partition coefficient (Wildman–Crippen LogP) is 6.56. The van der Waals surface area contributed by atoms with Gasteiger partial charge < -0.3 is 31.5 Å². The molecule has 0 unspecified atom stereocenters. The molecule has 10 rings (SSSR count). The van der Waals surface area contributed by atoms with E-state index in [1.54, 1.807) is 62.4 Å². The van der Waals surface area contributed by atoms with Gasteiger partial charge in [0.25, 0.3) is 35.2 Å². The molecule has 0 spiro atoms. The predicted molar refractivity (Wildman–Crippen MR) is 265 cm³/mol. The van der Waals surface area contributed by atoms with Gasteiger partial charge in [-0.3, -0.25) is 19.2 Å². The zero-order valence-corrected chi connectivity index (χ0v) is 40.7. The minimum Gasteiger partial charge on any atom is -0.478 e. The summed E-state index contributed by atoms with van der Waals surface area (Å²) in [6.45, 7) is 3.54. The number of fused-ring (bicyclic) bond motifs is 4. The minimum atomic E-state index is -1.01. The molecule has 0 saturated heterocycles. The quantitative estimate of drug-likeness (QED) is 0.0602. The molecule has 4 amide bonds. The Balaban J connectivity index is 0.000000182. The van der Waals surface area contributed by atoms with E-state index in [0.717, 1.165) is 22.3 Å². The average molecular weight is 1040 g/mol. The third-order valence-electron chi connectivity index (χ3n) is 12.6. The van der Waals surface area contributed by atoms with Gasteiger partial charge in [0.15, 0.2) is 0 Å². The van der Waals surface area contributed by atoms with Crippen LogP contribution in [-0.2, 0) is 25.9 Å². The van der Waals surface area contributed by atoms with Crippen molar-refractivity contribution in [1.29, 1.82) is 0 Å². The SMILES string of the molecule is Cc1cc(CNC(=O)c2cc(C(=O)N[C@H]3CCc4cc(C(=O)O)ccc43)n3c(=S)[nH]nc3n2)ccc1F.Cc1cc(CNC(=O)c2cc(C(=O)N[C@H]3CCc4cc(C(=O)O)ccc43)nc3n[nH]c(=S)n23)ccc1F. The van der Waals surface area contributed by atoms with Gasteiger partial charge in [0.05, 0.1) is 23.2 Å². The normalized spacial score (nSPS) is 14.4. The molecule has 4 aromatic carbocycles. The fourth-order valence-corrected chi connectivity index (χ4v) is 9.29. The first-order valence-corrected chi connectivity index (χ1v) is 23.6. The highest BCUT2D eigenvalue weighted by molar-refractivity contribution is 7.71. The van der Waals surface area contributed by atoms with E-state index in [0.29, 0.717) is 47.9 Å². The van der Waals surface area contributed by atoms with Crippen LogP contribution in [0.4, 0.5) is 8.78 Å². The largest absolute Gasteiger partial charge is 0.478 e. The maximum atomic E-state index is 13.6. The molecule has 0 fully saturated rings. The fraction of sp³-hybridized carbons (Fsp3) is 0.200. The molecule has 24 heteroatoms.